The number of rotatable bonds is 2. The van der Waals surface area contributed by atoms with Crippen LogP contribution in [0.3, 0.4) is 0 Å². The van der Waals surface area contributed by atoms with E-state index in [1.165, 1.54) is 0 Å². The number of carbonyl (C=O) groups is 1. The third kappa shape index (κ3) is 2.34. The van der Waals surface area contributed by atoms with E-state index in [-0.39, 0.29) is 5.91 Å². The smallest absolute Gasteiger partial charge is 0.259 e. The molecule has 18 heavy (non-hydrogen) atoms. The fourth-order valence-electron chi connectivity index (χ4n) is 1.79. The lowest BCUT2D eigenvalue weighted by Gasteiger charge is -2.08. The van der Waals surface area contributed by atoms with E-state index in [4.69, 9.17) is 5.73 Å². The lowest BCUT2D eigenvalue weighted by molar-refractivity contribution is 0.102. The van der Waals surface area contributed by atoms with Crippen LogP contribution in [0.15, 0.2) is 24.4 Å². The van der Waals surface area contributed by atoms with Gasteiger partial charge in [0.1, 0.15) is 0 Å². The Labute approximate surface area is 106 Å². The minimum absolute atomic E-state index is 0.172. The third-order valence-electron chi connectivity index (χ3n) is 2.77. The first kappa shape index (κ1) is 12.2. The Bertz CT molecular complexity index is 601. The lowest BCUT2D eigenvalue weighted by atomic mass is 10.1. The number of hydrogen-bond donors (Lipinski definition) is 2. The highest BCUT2D eigenvalue weighted by Crippen LogP contribution is 2.19. The largest absolute Gasteiger partial charge is 0.399 e. The summed E-state index contributed by atoms with van der Waals surface area (Å²) in [6.45, 7) is 3.73. The molecular weight excluding hydrogens is 228 g/mol. The van der Waals surface area contributed by atoms with Crippen LogP contribution in [0.5, 0.6) is 0 Å². The highest BCUT2D eigenvalue weighted by molar-refractivity contribution is 6.05. The molecule has 94 valence electrons. The van der Waals surface area contributed by atoms with Gasteiger partial charge in [-0.1, -0.05) is 6.07 Å². The van der Waals surface area contributed by atoms with Crippen LogP contribution in [-0.4, -0.2) is 15.7 Å². The van der Waals surface area contributed by atoms with Crippen LogP contribution in [-0.2, 0) is 7.05 Å². The Morgan fingerprint density at radius 2 is 2.11 bits per heavy atom. The molecule has 1 heterocycles. The van der Waals surface area contributed by atoms with Gasteiger partial charge in [-0.05, 0) is 31.5 Å². The molecule has 1 aromatic carbocycles. The van der Waals surface area contributed by atoms with Crippen molar-refractivity contribution in [3.63, 3.8) is 0 Å². The predicted octanol–water partition coefficient (Wildman–Crippen LogP) is 1.87. The number of nitrogen functional groups attached to an aromatic ring is 1. The summed E-state index contributed by atoms with van der Waals surface area (Å²) in [6.07, 6.45) is 1.70. The zero-order chi connectivity index (χ0) is 13.3. The molecule has 0 saturated carbocycles. The van der Waals surface area contributed by atoms with E-state index in [1.807, 2.05) is 13.0 Å². The zero-order valence-corrected chi connectivity index (χ0v) is 10.7. The molecule has 2 rings (SSSR count). The number of benzene rings is 1. The molecule has 0 atom stereocenters. The van der Waals surface area contributed by atoms with Crippen LogP contribution in [0.25, 0.3) is 0 Å². The van der Waals surface area contributed by atoms with Gasteiger partial charge in [0.15, 0.2) is 0 Å². The number of hydrogen-bond acceptors (Lipinski definition) is 3. The number of anilines is 2. The number of carbonyl (C=O) groups excluding carboxylic acids is 1. The molecule has 3 N–H and O–H groups in total. The number of aryl methyl sites for hydroxylation is 3. The van der Waals surface area contributed by atoms with E-state index in [0.717, 1.165) is 11.3 Å². The maximum absolute atomic E-state index is 12.1. The molecule has 0 fully saturated rings. The first-order valence-corrected chi connectivity index (χ1v) is 5.65. The quantitative estimate of drug-likeness (QED) is 0.792. The second-order valence-electron chi connectivity index (χ2n) is 4.33. The first-order chi connectivity index (χ1) is 8.47. The van der Waals surface area contributed by atoms with E-state index in [9.17, 15) is 4.79 Å². The second-order valence-corrected chi connectivity index (χ2v) is 4.33. The van der Waals surface area contributed by atoms with Gasteiger partial charge in [0, 0.05) is 24.6 Å². The van der Waals surface area contributed by atoms with Crippen LogP contribution >= 0.6 is 0 Å². The molecule has 0 bridgehead atoms. The van der Waals surface area contributed by atoms with Crippen LogP contribution in [0, 0.1) is 13.8 Å². The van der Waals surface area contributed by atoms with Crippen molar-refractivity contribution < 1.29 is 4.79 Å². The van der Waals surface area contributed by atoms with Gasteiger partial charge < -0.3 is 11.1 Å². The van der Waals surface area contributed by atoms with Crippen molar-refractivity contribution in [1.29, 1.82) is 0 Å². The highest BCUT2D eigenvalue weighted by Gasteiger charge is 2.13. The van der Waals surface area contributed by atoms with E-state index in [2.05, 4.69) is 10.4 Å². The minimum Gasteiger partial charge on any atom is -0.399 e. The summed E-state index contributed by atoms with van der Waals surface area (Å²) in [6, 6.07) is 5.43. The predicted molar refractivity (Wildman–Crippen MR) is 71.5 cm³/mol. The number of amides is 1. The summed E-state index contributed by atoms with van der Waals surface area (Å²) >= 11 is 0. The second kappa shape index (κ2) is 4.52. The van der Waals surface area contributed by atoms with Gasteiger partial charge in [-0.2, -0.15) is 5.10 Å². The molecule has 0 aliphatic heterocycles. The molecule has 2 aromatic rings. The SMILES string of the molecule is Cc1ccc(N)cc1NC(=O)c1cn(C)nc1C. The normalized spacial score (nSPS) is 10.4. The van der Waals surface area contributed by atoms with Crippen LogP contribution < -0.4 is 11.1 Å². The molecule has 0 radical (unpaired) electrons. The maximum atomic E-state index is 12.1. The molecule has 1 amide bonds. The zero-order valence-electron chi connectivity index (χ0n) is 10.7. The molecule has 0 aliphatic rings. The van der Waals surface area contributed by atoms with Gasteiger partial charge in [-0.25, -0.2) is 0 Å². The topological polar surface area (TPSA) is 72.9 Å². The van der Waals surface area contributed by atoms with Crippen molar-refractivity contribution >= 4 is 17.3 Å². The average Bonchev–Trinajstić information content (AvgIpc) is 2.63. The summed E-state index contributed by atoms with van der Waals surface area (Å²) in [4.78, 5) is 12.1. The van der Waals surface area contributed by atoms with Gasteiger partial charge >= 0.3 is 0 Å². The van der Waals surface area contributed by atoms with Crippen molar-refractivity contribution in [1.82, 2.24) is 9.78 Å². The summed E-state index contributed by atoms with van der Waals surface area (Å²) < 4.78 is 1.62. The molecule has 0 spiro atoms. The number of aromatic nitrogens is 2. The summed E-state index contributed by atoms with van der Waals surface area (Å²) in [5, 5.41) is 6.99. The molecule has 0 aliphatic carbocycles. The van der Waals surface area contributed by atoms with Crippen molar-refractivity contribution in [2.45, 2.75) is 13.8 Å². The molecular formula is C13H16N4O. The number of nitrogens with zero attached hydrogens (tertiary/aromatic N) is 2. The summed E-state index contributed by atoms with van der Waals surface area (Å²) in [5.41, 5.74) is 9.30. The van der Waals surface area contributed by atoms with Gasteiger partial charge in [-0.3, -0.25) is 9.48 Å². The molecule has 5 nitrogen and oxygen atoms in total. The third-order valence-corrected chi connectivity index (χ3v) is 2.77. The van der Waals surface area contributed by atoms with Gasteiger partial charge in [0.2, 0.25) is 0 Å². The minimum atomic E-state index is -0.172. The van der Waals surface area contributed by atoms with Crippen LogP contribution in [0.4, 0.5) is 11.4 Å². The Kier molecular flexibility index (Phi) is 3.06. The Balaban J connectivity index is 2.26. The van der Waals surface area contributed by atoms with E-state index < -0.39 is 0 Å². The summed E-state index contributed by atoms with van der Waals surface area (Å²) in [7, 11) is 1.79. The monoisotopic (exact) mass is 244 g/mol. The number of nitrogens with one attached hydrogen (secondary N) is 1. The van der Waals surface area contributed by atoms with Gasteiger partial charge in [0.25, 0.3) is 5.91 Å². The van der Waals surface area contributed by atoms with Crippen molar-refractivity contribution in [2.24, 2.45) is 7.05 Å². The van der Waals surface area contributed by atoms with Gasteiger partial charge in [0.05, 0.1) is 11.3 Å². The standard InChI is InChI=1S/C13H16N4O/c1-8-4-5-10(14)6-12(8)15-13(18)11-7-17(3)16-9(11)2/h4-7H,14H2,1-3H3,(H,15,18). The summed E-state index contributed by atoms with van der Waals surface area (Å²) in [5.74, 6) is -0.172. The molecule has 1 aromatic heterocycles. The van der Waals surface area contributed by atoms with E-state index in [1.54, 1.807) is 37.0 Å². The molecule has 0 unspecified atom stereocenters. The van der Waals surface area contributed by atoms with E-state index in [0.29, 0.717) is 16.9 Å². The number of nitrogens with two attached hydrogens (primary N) is 1. The van der Waals surface area contributed by atoms with E-state index >= 15 is 0 Å². The van der Waals surface area contributed by atoms with Crippen LogP contribution in [0.2, 0.25) is 0 Å². The van der Waals surface area contributed by atoms with Crippen molar-refractivity contribution in [3.05, 3.63) is 41.2 Å². The molecule has 5 heteroatoms. The fraction of sp³-hybridized carbons (Fsp3) is 0.231. The average molecular weight is 244 g/mol. The molecule has 0 saturated heterocycles. The lowest BCUT2D eigenvalue weighted by Crippen LogP contribution is -2.13. The first-order valence-electron chi connectivity index (χ1n) is 5.65. The van der Waals surface area contributed by atoms with Crippen LogP contribution in [0.1, 0.15) is 21.6 Å². The highest BCUT2D eigenvalue weighted by atomic mass is 16.1. The van der Waals surface area contributed by atoms with Crippen molar-refractivity contribution in [3.8, 4) is 0 Å². The Hall–Kier alpha value is -2.30. The van der Waals surface area contributed by atoms with Crippen molar-refractivity contribution in [2.75, 3.05) is 11.1 Å². The Morgan fingerprint density at radius 3 is 2.72 bits per heavy atom. The fourth-order valence-corrected chi connectivity index (χ4v) is 1.79. The Morgan fingerprint density at radius 1 is 1.39 bits per heavy atom. The maximum Gasteiger partial charge on any atom is 0.259 e. The van der Waals surface area contributed by atoms with Gasteiger partial charge in [-0.15, -0.1) is 0 Å².